The number of nitrogens with one attached hydrogen (secondary N) is 1. The van der Waals surface area contributed by atoms with E-state index in [9.17, 15) is 18.4 Å². The van der Waals surface area contributed by atoms with Gasteiger partial charge < -0.3 is 19.4 Å². The Morgan fingerprint density at radius 3 is 2.74 bits per heavy atom. The van der Waals surface area contributed by atoms with Crippen molar-refractivity contribution in [3.8, 4) is 0 Å². The van der Waals surface area contributed by atoms with Crippen molar-refractivity contribution in [2.45, 2.75) is 32.7 Å². The molecule has 9 heteroatoms. The lowest BCUT2D eigenvalue weighted by Gasteiger charge is -2.21. The van der Waals surface area contributed by atoms with Crippen molar-refractivity contribution in [2.24, 2.45) is 0 Å². The van der Waals surface area contributed by atoms with Crippen LogP contribution in [0.1, 0.15) is 42.6 Å². The van der Waals surface area contributed by atoms with Crippen molar-refractivity contribution in [1.82, 2.24) is 9.88 Å². The largest absolute Gasteiger partial charge is 0.464 e. The summed E-state index contributed by atoms with van der Waals surface area (Å²) in [7, 11) is 1.22. The molecule has 0 fully saturated rings. The number of esters is 1. The van der Waals surface area contributed by atoms with Gasteiger partial charge >= 0.3 is 12.0 Å². The normalized spacial score (nSPS) is 10.5. The van der Waals surface area contributed by atoms with E-state index in [-0.39, 0.29) is 23.8 Å². The molecule has 27 heavy (non-hydrogen) atoms. The predicted molar refractivity (Wildman–Crippen MR) is 93.2 cm³/mol. The van der Waals surface area contributed by atoms with Gasteiger partial charge in [0.2, 0.25) is 5.89 Å². The van der Waals surface area contributed by atoms with E-state index in [1.165, 1.54) is 12.0 Å². The van der Waals surface area contributed by atoms with Gasteiger partial charge in [-0.2, -0.15) is 0 Å². The molecular formula is C18H21F2N3O4. The van der Waals surface area contributed by atoms with Gasteiger partial charge in [-0.15, -0.1) is 0 Å². The molecule has 0 radical (unpaired) electrons. The van der Waals surface area contributed by atoms with E-state index in [4.69, 9.17) is 4.42 Å². The Kier molecular flexibility index (Phi) is 7.27. The van der Waals surface area contributed by atoms with Gasteiger partial charge in [-0.25, -0.2) is 23.4 Å². The molecule has 0 saturated carbocycles. The number of nitrogens with zero attached hydrogens (tertiary/aromatic N) is 2. The topological polar surface area (TPSA) is 84.7 Å². The molecule has 2 aromatic rings. The molecule has 2 rings (SSSR count). The number of amides is 2. The summed E-state index contributed by atoms with van der Waals surface area (Å²) in [6, 6.07) is 2.30. The number of carbonyl (C=O) groups is 2. The van der Waals surface area contributed by atoms with Crippen LogP contribution in [0.3, 0.4) is 0 Å². The maximum atomic E-state index is 13.8. The van der Waals surface area contributed by atoms with Crippen LogP contribution in [-0.4, -0.2) is 35.5 Å². The zero-order valence-corrected chi connectivity index (χ0v) is 15.1. The highest BCUT2D eigenvalue weighted by molar-refractivity contribution is 5.89. The van der Waals surface area contributed by atoms with E-state index >= 15 is 0 Å². The SMILES string of the molecule is CCCCCN(Cc1nc(C(=O)OC)co1)C(=O)Nc1ccc(F)cc1F. The monoisotopic (exact) mass is 381 g/mol. The van der Waals surface area contributed by atoms with E-state index in [2.05, 4.69) is 15.0 Å². The molecule has 0 aliphatic carbocycles. The molecule has 0 aliphatic rings. The fourth-order valence-electron chi connectivity index (χ4n) is 2.34. The molecule has 0 bridgehead atoms. The first-order chi connectivity index (χ1) is 12.9. The second-order valence-electron chi connectivity index (χ2n) is 5.80. The number of rotatable bonds is 8. The number of anilines is 1. The molecule has 0 saturated heterocycles. The van der Waals surface area contributed by atoms with E-state index in [1.54, 1.807) is 0 Å². The van der Waals surface area contributed by atoms with Crippen molar-refractivity contribution in [3.63, 3.8) is 0 Å². The molecule has 0 spiro atoms. The minimum atomic E-state index is -0.874. The summed E-state index contributed by atoms with van der Waals surface area (Å²) in [5.74, 6) is -2.12. The standard InChI is InChI=1S/C18H21F2N3O4/c1-3-4-5-8-23(10-16-21-15(11-27-16)17(24)26-2)18(25)22-14-7-6-12(19)9-13(14)20/h6-7,9,11H,3-5,8,10H2,1-2H3,(H,22,25). The Hall–Kier alpha value is -2.97. The number of hydrogen-bond donors (Lipinski definition) is 1. The molecular weight excluding hydrogens is 360 g/mol. The van der Waals surface area contributed by atoms with Crippen molar-refractivity contribution < 1.29 is 27.5 Å². The molecule has 1 aromatic heterocycles. The molecule has 0 aliphatic heterocycles. The lowest BCUT2D eigenvalue weighted by molar-refractivity contribution is 0.0594. The zero-order valence-electron chi connectivity index (χ0n) is 15.1. The Bertz CT molecular complexity index is 795. The Balaban J connectivity index is 2.11. The molecule has 146 valence electrons. The quantitative estimate of drug-likeness (QED) is 0.553. The summed E-state index contributed by atoms with van der Waals surface area (Å²) in [6.45, 7) is 2.38. The predicted octanol–water partition coefficient (Wildman–Crippen LogP) is 3.96. The number of oxazole rings is 1. The molecule has 1 heterocycles. The number of urea groups is 1. The highest BCUT2D eigenvalue weighted by Crippen LogP contribution is 2.17. The fraction of sp³-hybridized carbons (Fsp3) is 0.389. The number of ether oxygens (including phenoxy) is 1. The average Bonchev–Trinajstić information content (AvgIpc) is 3.11. The van der Waals surface area contributed by atoms with Gasteiger partial charge in [-0.1, -0.05) is 19.8 Å². The smallest absolute Gasteiger partial charge is 0.360 e. The molecule has 1 aromatic carbocycles. The first-order valence-electron chi connectivity index (χ1n) is 8.48. The first-order valence-corrected chi connectivity index (χ1v) is 8.48. The molecule has 1 N–H and O–H groups in total. The van der Waals surface area contributed by atoms with Gasteiger partial charge in [0.05, 0.1) is 19.3 Å². The molecule has 2 amide bonds. The Morgan fingerprint density at radius 2 is 2.07 bits per heavy atom. The minimum absolute atomic E-state index is 0.00834. The van der Waals surface area contributed by atoms with Crippen LogP contribution in [-0.2, 0) is 11.3 Å². The maximum absolute atomic E-state index is 13.8. The molecule has 7 nitrogen and oxygen atoms in total. The van der Waals surface area contributed by atoms with E-state index in [0.29, 0.717) is 12.6 Å². The highest BCUT2D eigenvalue weighted by Gasteiger charge is 2.20. The second-order valence-corrected chi connectivity index (χ2v) is 5.80. The minimum Gasteiger partial charge on any atom is -0.464 e. The number of benzene rings is 1. The number of aromatic nitrogens is 1. The zero-order chi connectivity index (χ0) is 19.8. The summed E-state index contributed by atoms with van der Waals surface area (Å²) in [6.07, 6.45) is 3.71. The summed E-state index contributed by atoms with van der Waals surface area (Å²) >= 11 is 0. The van der Waals surface area contributed by atoms with E-state index in [0.717, 1.165) is 37.7 Å². The van der Waals surface area contributed by atoms with Crippen LogP contribution >= 0.6 is 0 Å². The van der Waals surface area contributed by atoms with Crippen LogP contribution in [0.25, 0.3) is 0 Å². The van der Waals surface area contributed by atoms with Crippen molar-refractivity contribution in [2.75, 3.05) is 19.0 Å². The molecule has 0 atom stereocenters. The average molecular weight is 381 g/mol. The highest BCUT2D eigenvalue weighted by atomic mass is 19.1. The van der Waals surface area contributed by atoms with Gasteiger partial charge in [0.15, 0.2) is 5.69 Å². The number of methoxy groups -OCH3 is 1. The Morgan fingerprint density at radius 1 is 1.30 bits per heavy atom. The molecule has 0 unspecified atom stereocenters. The third-order valence-corrected chi connectivity index (χ3v) is 3.76. The van der Waals surface area contributed by atoms with Crippen LogP contribution in [0.4, 0.5) is 19.3 Å². The number of carbonyl (C=O) groups excluding carboxylic acids is 2. The summed E-state index contributed by atoms with van der Waals surface area (Å²) in [4.78, 5) is 29.4. The van der Waals surface area contributed by atoms with Crippen molar-refractivity contribution >= 4 is 17.7 Å². The van der Waals surface area contributed by atoms with Crippen LogP contribution in [0.15, 0.2) is 28.9 Å². The van der Waals surface area contributed by atoms with E-state index in [1.807, 2.05) is 6.92 Å². The van der Waals surface area contributed by atoms with Gasteiger partial charge in [-0.05, 0) is 18.6 Å². The maximum Gasteiger partial charge on any atom is 0.360 e. The van der Waals surface area contributed by atoms with Gasteiger partial charge in [0, 0.05) is 12.6 Å². The first kappa shape index (κ1) is 20.3. The van der Waals surface area contributed by atoms with Crippen LogP contribution in [0, 0.1) is 11.6 Å². The van der Waals surface area contributed by atoms with Gasteiger partial charge in [0.25, 0.3) is 0 Å². The third-order valence-electron chi connectivity index (χ3n) is 3.76. The van der Waals surface area contributed by atoms with Crippen molar-refractivity contribution in [1.29, 1.82) is 0 Å². The lowest BCUT2D eigenvalue weighted by Crippen LogP contribution is -2.35. The lowest BCUT2D eigenvalue weighted by atomic mass is 10.2. The van der Waals surface area contributed by atoms with Gasteiger partial charge in [0.1, 0.15) is 17.9 Å². The summed E-state index contributed by atoms with van der Waals surface area (Å²) < 4.78 is 36.6. The van der Waals surface area contributed by atoms with Crippen LogP contribution in [0.2, 0.25) is 0 Å². The van der Waals surface area contributed by atoms with Gasteiger partial charge in [-0.3, -0.25) is 0 Å². The second kappa shape index (κ2) is 9.65. The summed E-state index contributed by atoms with van der Waals surface area (Å²) in [5.41, 5.74) is -0.143. The van der Waals surface area contributed by atoms with Crippen molar-refractivity contribution in [3.05, 3.63) is 47.7 Å². The summed E-state index contributed by atoms with van der Waals surface area (Å²) in [5, 5.41) is 2.41. The van der Waals surface area contributed by atoms with Crippen LogP contribution in [0.5, 0.6) is 0 Å². The Labute approximate surface area is 155 Å². The third kappa shape index (κ3) is 5.77. The number of hydrogen-bond acceptors (Lipinski definition) is 5. The van der Waals surface area contributed by atoms with E-state index < -0.39 is 23.6 Å². The fourth-order valence-corrected chi connectivity index (χ4v) is 2.34. The van der Waals surface area contributed by atoms with Crippen LogP contribution < -0.4 is 5.32 Å². The number of unbranched alkanes of at least 4 members (excludes halogenated alkanes) is 2. The number of halogens is 2.